The van der Waals surface area contributed by atoms with Gasteiger partial charge in [-0.2, -0.15) is 0 Å². The molecule has 0 saturated carbocycles. The van der Waals surface area contributed by atoms with Gasteiger partial charge in [-0.15, -0.1) is 0 Å². The predicted molar refractivity (Wildman–Crippen MR) is 78.2 cm³/mol. The summed E-state index contributed by atoms with van der Waals surface area (Å²) in [7, 11) is 0. The van der Waals surface area contributed by atoms with Gasteiger partial charge in [0.05, 0.1) is 6.04 Å². The van der Waals surface area contributed by atoms with E-state index >= 15 is 0 Å². The summed E-state index contributed by atoms with van der Waals surface area (Å²) in [4.78, 5) is 22.6. The number of piperidine rings is 1. The normalized spacial score (nSPS) is 18.1. The molecule has 1 aromatic rings. The minimum absolute atomic E-state index is 0.0468. The minimum Gasteiger partial charge on any atom is -0.352 e. The number of rotatable bonds is 4. The molecule has 6 heteroatoms. The van der Waals surface area contributed by atoms with Gasteiger partial charge in [0, 0.05) is 31.5 Å². The van der Waals surface area contributed by atoms with Crippen LogP contribution in [0.4, 0.5) is 5.95 Å². The first-order chi connectivity index (χ1) is 9.58. The summed E-state index contributed by atoms with van der Waals surface area (Å²) >= 11 is 0. The molecule has 1 aliphatic rings. The standard InChI is InChI=1S/C14H23N5O/c1-10(2)12(15)13(20)18-11-4-8-19(9-5-11)14-16-6-3-7-17-14/h3,6-7,10-12H,4-5,8-9,15H2,1-2H3,(H,18,20)/t12-/m0/s1. The maximum absolute atomic E-state index is 11.9. The van der Waals surface area contributed by atoms with Crippen LogP contribution < -0.4 is 16.0 Å². The van der Waals surface area contributed by atoms with Crippen molar-refractivity contribution in [3.05, 3.63) is 18.5 Å². The third-order valence-corrected chi connectivity index (χ3v) is 3.70. The summed E-state index contributed by atoms with van der Waals surface area (Å²) in [6.07, 6.45) is 5.29. The lowest BCUT2D eigenvalue weighted by molar-refractivity contribution is -0.124. The van der Waals surface area contributed by atoms with E-state index in [9.17, 15) is 4.79 Å². The van der Waals surface area contributed by atoms with Crippen molar-refractivity contribution in [2.24, 2.45) is 11.7 Å². The SMILES string of the molecule is CC(C)[C@H](N)C(=O)NC1CCN(c2ncccn2)CC1. The number of nitrogens with one attached hydrogen (secondary N) is 1. The second-order valence-corrected chi connectivity index (χ2v) is 5.59. The number of carbonyl (C=O) groups excluding carboxylic acids is 1. The molecule has 0 spiro atoms. The second-order valence-electron chi connectivity index (χ2n) is 5.59. The van der Waals surface area contributed by atoms with E-state index in [0.29, 0.717) is 0 Å². The molecule has 1 saturated heterocycles. The van der Waals surface area contributed by atoms with Gasteiger partial charge in [-0.3, -0.25) is 4.79 Å². The van der Waals surface area contributed by atoms with Gasteiger partial charge in [0.15, 0.2) is 0 Å². The number of amides is 1. The van der Waals surface area contributed by atoms with Crippen LogP contribution in [-0.2, 0) is 4.79 Å². The van der Waals surface area contributed by atoms with Crippen LogP contribution in [0.15, 0.2) is 18.5 Å². The Hall–Kier alpha value is -1.69. The predicted octanol–water partition coefficient (Wildman–Crippen LogP) is 0.545. The number of hydrogen-bond donors (Lipinski definition) is 2. The molecule has 0 aliphatic carbocycles. The number of nitrogens with zero attached hydrogens (tertiary/aromatic N) is 3. The molecule has 20 heavy (non-hydrogen) atoms. The molecule has 1 fully saturated rings. The van der Waals surface area contributed by atoms with Gasteiger partial charge in [0.1, 0.15) is 0 Å². The van der Waals surface area contributed by atoms with Gasteiger partial charge in [0.2, 0.25) is 11.9 Å². The van der Waals surface area contributed by atoms with E-state index in [2.05, 4.69) is 20.2 Å². The van der Waals surface area contributed by atoms with Crippen LogP contribution in [0.1, 0.15) is 26.7 Å². The summed E-state index contributed by atoms with van der Waals surface area (Å²) in [5, 5.41) is 3.04. The molecule has 0 aromatic carbocycles. The lowest BCUT2D eigenvalue weighted by atomic mass is 10.0. The highest BCUT2D eigenvalue weighted by Crippen LogP contribution is 2.15. The fourth-order valence-electron chi connectivity index (χ4n) is 2.28. The highest BCUT2D eigenvalue weighted by Gasteiger charge is 2.24. The molecule has 1 atom stereocenters. The first kappa shape index (κ1) is 14.7. The van der Waals surface area contributed by atoms with Crippen molar-refractivity contribution in [2.75, 3.05) is 18.0 Å². The van der Waals surface area contributed by atoms with E-state index < -0.39 is 6.04 Å². The Morgan fingerprint density at radius 3 is 2.50 bits per heavy atom. The van der Waals surface area contributed by atoms with E-state index in [0.717, 1.165) is 31.9 Å². The van der Waals surface area contributed by atoms with Gasteiger partial charge in [-0.25, -0.2) is 9.97 Å². The Balaban J connectivity index is 1.81. The smallest absolute Gasteiger partial charge is 0.237 e. The molecule has 2 rings (SSSR count). The quantitative estimate of drug-likeness (QED) is 0.839. The van der Waals surface area contributed by atoms with Crippen molar-refractivity contribution in [3.63, 3.8) is 0 Å². The zero-order valence-electron chi connectivity index (χ0n) is 12.1. The minimum atomic E-state index is -0.425. The molecule has 1 aromatic heterocycles. The number of aromatic nitrogens is 2. The molecule has 6 nitrogen and oxygen atoms in total. The zero-order valence-corrected chi connectivity index (χ0v) is 12.1. The number of hydrogen-bond acceptors (Lipinski definition) is 5. The van der Waals surface area contributed by atoms with Crippen molar-refractivity contribution >= 4 is 11.9 Å². The summed E-state index contributed by atoms with van der Waals surface area (Å²) in [6, 6.07) is 1.58. The van der Waals surface area contributed by atoms with Crippen molar-refractivity contribution in [3.8, 4) is 0 Å². The third kappa shape index (κ3) is 3.66. The number of carbonyl (C=O) groups is 1. The largest absolute Gasteiger partial charge is 0.352 e. The van der Waals surface area contributed by atoms with Crippen molar-refractivity contribution in [2.45, 2.75) is 38.8 Å². The fourth-order valence-corrected chi connectivity index (χ4v) is 2.28. The number of nitrogens with two attached hydrogens (primary N) is 1. The molecule has 0 radical (unpaired) electrons. The lowest BCUT2D eigenvalue weighted by Gasteiger charge is -2.33. The van der Waals surface area contributed by atoms with E-state index in [-0.39, 0.29) is 17.9 Å². The van der Waals surface area contributed by atoms with E-state index in [1.165, 1.54) is 0 Å². The molecule has 3 N–H and O–H groups in total. The van der Waals surface area contributed by atoms with Crippen LogP contribution in [-0.4, -0.2) is 41.0 Å². The molecule has 1 amide bonds. The Morgan fingerprint density at radius 1 is 1.35 bits per heavy atom. The maximum atomic E-state index is 11.9. The molecule has 0 bridgehead atoms. The van der Waals surface area contributed by atoms with Gasteiger partial charge < -0.3 is 16.0 Å². The first-order valence-corrected chi connectivity index (χ1v) is 7.16. The fraction of sp³-hybridized carbons (Fsp3) is 0.643. The first-order valence-electron chi connectivity index (χ1n) is 7.16. The van der Waals surface area contributed by atoms with Crippen LogP contribution >= 0.6 is 0 Å². The molecule has 0 unspecified atom stereocenters. The van der Waals surface area contributed by atoms with Crippen molar-refractivity contribution < 1.29 is 4.79 Å². The average Bonchev–Trinajstić information content (AvgIpc) is 2.48. The Kier molecular flexibility index (Phi) is 4.89. The van der Waals surface area contributed by atoms with Crippen molar-refractivity contribution in [1.29, 1.82) is 0 Å². The van der Waals surface area contributed by atoms with Gasteiger partial charge >= 0.3 is 0 Å². The van der Waals surface area contributed by atoms with E-state index in [1.807, 2.05) is 19.9 Å². The maximum Gasteiger partial charge on any atom is 0.237 e. The molecule has 2 heterocycles. The molecule has 1 aliphatic heterocycles. The van der Waals surface area contributed by atoms with Crippen LogP contribution in [0.3, 0.4) is 0 Å². The highest BCUT2D eigenvalue weighted by molar-refractivity contribution is 5.82. The summed E-state index contributed by atoms with van der Waals surface area (Å²) in [5.41, 5.74) is 5.85. The highest BCUT2D eigenvalue weighted by atomic mass is 16.2. The van der Waals surface area contributed by atoms with Gasteiger partial charge in [0.25, 0.3) is 0 Å². The van der Waals surface area contributed by atoms with Crippen LogP contribution in [0.25, 0.3) is 0 Å². The third-order valence-electron chi connectivity index (χ3n) is 3.70. The summed E-state index contributed by atoms with van der Waals surface area (Å²) in [5.74, 6) is 0.873. The van der Waals surface area contributed by atoms with Crippen LogP contribution in [0, 0.1) is 5.92 Å². The Labute approximate surface area is 119 Å². The van der Waals surface area contributed by atoms with Gasteiger partial charge in [-0.1, -0.05) is 13.8 Å². The Morgan fingerprint density at radius 2 is 1.95 bits per heavy atom. The van der Waals surface area contributed by atoms with Crippen LogP contribution in [0.5, 0.6) is 0 Å². The van der Waals surface area contributed by atoms with E-state index in [4.69, 9.17) is 5.73 Å². The van der Waals surface area contributed by atoms with Crippen LogP contribution in [0.2, 0.25) is 0 Å². The summed E-state index contributed by atoms with van der Waals surface area (Å²) in [6.45, 7) is 5.62. The van der Waals surface area contributed by atoms with Crippen molar-refractivity contribution in [1.82, 2.24) is 15.3 Å². The lowest BCUT2D eigenvalue weighted by Crippen LogP contribution is -2.51. The molecular weight excluding hydrogens is 254 g/mol. The second kappa shape index (κ2) is 6.65. The molecular formula is C14H23N5O. The van der Waals surface area contributed by atoms with E-state index in [1.54, 1.807) is 12.4 Å². The average molecular weight is 277 g/mol. The molecule has 110 valence electrons. The summed E-state index contributed by atoms with van der Waals surface area (Å²) < 4.78 is 0. The number of anilines is 1. The monoisotopic (exact) mass is 277 g/mol. The zero-order chi connectivity index (χ0) is 14.5. The Bertz CT molecular complexity index is 428. The topological polar surface area (TPSA) is 84.1 Å². The van der Waals surface area contributed by atoms with Gasteiger partial charge in [-0.05, 0) is 24.8 Å².